The summed E-state index contributed by atoms with van der Waals surface area (Å²) in [6.07, 6.45) is 2.92. The zero-order chi connectivity index (χ0) is 16.4. The maximum absolute atomic E-state index is 4.53. The molecule has 2 aromatic heterocycles. The highest BCUT2D eigenvalue weighted by atomic mass is 32.1. The Morgan fingerprint density at radius 1 is 1.25 bits per heavy atom. The largest absolute Gasteiger partial charge is 0.313 e. The standard InChI is InChI=1S/C18H21N5S/c1-13-20-16(12-24-13)10-19-15-7-8-17-21-22-18(23(17)11-15)9-14-5-3-2-4-6-14/h2-6,12,15,19H,7-11H2,1H3/t15-/m1/s1. The summed E-state index contributed by atoms with van der Waals surface area (Å²) in [7, 11) is 0. The molecule has 1 aromatic carbocycles. The van der Waals surface area contributed by atoms with Gasteiger partial charge < -0.3 is 9.88 Å². The zero-order valence-electron chi connectivity index (χ0n) is 13.8. The highest BCUT2D eigenvalue weighted by Crippen LogP contribution is 2.18. The van der Waals surface area contributed by atoms with Crippen molar-refractivity contribution >= 4 is 11.3 Å². The Morgan fingerprint density at radius 3 is 2.92 bits per heavy atom. The van der Waals surface area contributed by atoms with Crippen LogP contribution in [-0.4, -0.2) is 25.8 Å². The number of nitrogens with zero attached hydrogens (tertiary/aromatic N) is 4. The lowest BCUT2D eigenvalue weighted by atomic mass is 10.1. The van der Waals surface area contributed by atoms with Crippen LogP contribution in [0.3, 0.4) is 0 Å². The van der Waals surface area contributed by atoms with Gasteiger partial charge in [-0.2, -0.15) is 0 Å². The SMILES string of the molecule is Cc1nc(CN[C@@H]2CCc3nnc(Cc4ccccc4)n3C2)cs1. The lowest BCUT2D eigenvalue weighted by Crippen LogP contribution is -2.37. The second-order valence-corrected chi connectivity index (χ2v) is 7.34. The normalized spacial score (nSPS) is 17.0. The highest BCUT2D eigenvalue weighted by molar-refractivity contribution is 7.09. The third-order valence-corrected chi connectivity index (χ3v) is 5.29. The van der Waals surface area contributed by atoms with Crippen LogP contribution in [-0.2, 0) is 25.9 Å². The van der Waals surface area contributed by atoms with Crippen LogP contribution in [0, 0.1) is 6.92 Å². The molecule has 0 spiro atoms. The minimum atomic E-state index is 0.449. The molecule has 3 aromatic rings. The monoisotopic (exact) mass is 339 g/mol. The molecular weight excluding hydrogens is 318 g/mol. The van der Waals surface area contributed by atoms with E-state index in [2.05, 4.69) is 54.7 Å². The van der Waals surface area contributed by atoms with Crippen molar-refractivity contribution in [1.29, 1.82) is 0 Å². The second kappa shape index (κ2) is 6.83. The molecule has 1 atom stereocenters. The van der Waals surface area contributed by atoms with E-state index in [0.29, 0.717) is 6.04 Å². The van der Waals surface area contributed by atoms with Crippen molar-refractivity contribution in [2.75, 3.05) is 0 Å². The number of aryl methyl sites for hydroxylation is 2. The van der Waals surface area contributed by atoms with Crippen LogP contribution in [0.15, 0.2) is 35.7 Å². The minimum absolute atomic E-state index is 0.449. The molecule has 6 heteroatoms. The number of fused-ring (bicyclic) bond motifs is 1. The fourth-order valence-electron chi connectivity index (χ4n) is 3.20. The average molecular weight is 339 g/mol. The predicted molar refractivity (Wildman–Crippen MR) is 95.1 cm³/mol. The van der Waals surface area contributed by atoms with Gasteiger partial charge >= 0.3 is 0 Å². The number of rotatable bonds is 5. The van der Waals surface area contributed by atoms with Crippen molar-refractivity contribution in [3.63, 3.8) is 0 Å². The van der Waals surface area contributed by atoms with Crippen LogP contribution in [0.1, 0.15) is 34.3 Å². The number of hydrogen-bond acceptors (Lipinski definition) is 5. The van der Waals surface area contributed by atoms with E-state index in [1.54, 1.807) is 11.3 Å². The first-order chi connectivity index (χ1) is 11.8. The summed E-state index contributed by atoms with van der Waals surface area (Å²) >= 11 is 1.71. The van der Waals surface area contributed by atoms with Gasteiger partial charge in [-0.25, -0.2) is 4.98 Å². The first-order valence-corrected chi connectivity index (χ1v) is 9.25. The Labute approximate surface area is 145 Å². The molecule has 4 rings (SSSR count). The Bertz CT molecular complexity index is 808. The van der Waals surface area contributed by atoms with Crippen molar-refractivity contribution in [3.8, 4) is 0 Å². The van der Waals surface area contributed by atoms with Crippen molar-refractivity contribution in [2.24, 2.45) is 0 Å². The highest BCUT2D eigenvalue weighted by Gasteiger charge is 2.22. The number of benzene rings is 1. The van der Waals surface area contributed by atoms with Gasteiger partial charge in [-0.1, -0.05) is 30.3 Å². The lowest BCUT2D eigenvalue weighted by Gasteiger charge is -2.25. The summed E-state index contributed by atoms with van der Waals surface area (Å²) in [5.74, 6) is 2.18. The zero-order valence-corrected chi connectivity index (χ0v) is 14.6. The van der Waals surface area contributed by atoms with Crippen LogP contribution in [0.4, 0.5) is 0 Å². The predicted octanol–water partition coefficient (Wildman–Crippen LogP) is 2.74. The summed E-state index contributed by atoms with van der Waals surface area (Å²) in [5.41, 5.74) is 2.41. The van der Waals surface area contributed by atoms with Gasteiger partial charge in [-0.05, 0) is 18.9 Å². The van der Waals surface area contributed by atoms with E-state index in [4.69, 9.17) is 0 Å². The van der Waals surface area contributed by atoms with Gasteiger partial charge in [-0.3, -0.25) is 0 Å². The van der Waals surface area contributed by atoms with Crippen LogP contribution in [0.2, 0.25) is 0 Å². The summed E-state index contributed by atoms with van der Waals surface area (Å²) < 4.78 is 2.29. The van der Waals surface area contributed by atoms with Crippen molar-refractivity contribution in [1.82, 2.24) is 25.1 Å². The van der Waals surface area contributed by atoms with Crippen LogP contribution >= 0.6 is 11.3 Å². The molecule has 0 unspecified atom stereocenters. The molecule has 1 N–H and O–H groups in total. The molecule has 0 aliphatic carbocycles. The van der Waals surface area contributed by atoms with E-state index in [-0.39, 0.29) is 0 Å². The molecule has 0 bridgehead atoms. The van der Waals surface area contributed by atoms with E-state index in [1.807, 2.05) is 13.0 Å². The summed E-state index contributed by atoms with van der Waals surface area (Å²) in [5, 5.41) is 15.7. The molecule has 1 aliphatic heterocycles. The van der Waals surface area contributed by atoms with E-state index in [0.717, 1.165) is 54.7 Å². The van der Waals surface area contributed by atoms with Gasteiger partial charge in [0, 0.05) is 37.4 Å². The molecule has 0 radical (unpaired) electrons. The molecule has 3 heterocycles. The van der Waals surface area contributed by atoms with Crippen LogP contribution in [0.25, 0.3) is 0 Å². The topological polar surface area (TPSA) is 55.6 Å². The summed E-state index contributed by atoms with van der Waals surface area (Å²) in [6.45, 7) is 3.82. The molecule has 24 heavy (non-hydrogen) atoms. The quantitative estimate of drug-likeness (QED) is 0.776. The number of hydrogen-bond donors (Lipinski definition) is 1. The molecular formula is C18H21N5S. The molecule has 5 nitrogen and oxygen atoms in total. The Balaban J connectivity index is 1.43. The van der Waals surface area contributed by atoms with E-state index in [9.17, 15) is 0 Å². The van der Waals surface area contributed by atoms with Crippen LogP contribution in [0.5, 0.6) is 0 Å². The third-order valence-electron chi connectivity index (χ3n) is 4.47. The summed E-state index contributed by atoms with van der Waals surface area (Å²) in [6, 6.07) is 10.9. The number of thiazole rings is 1. The average Bonchev–Trinajstić information content (AvgIpc) is 3.20. The van der Waals surface area contributed by atoms with E-state index >= 15 is 0 Å². The Morgan fingerprint density at radius 2 is 2.12 bits per heavy atom. The first kappa shape index (κ1) is 15.5. The smallest absolute Gasteiger partial charge is 0.137 e. The molecule has 0 saturated heterocycles. The fourth-order valence-corrected chi connectivity index (χ4v) is 3.81. The van der Waals surface area contributed by atoms with E-state index in [1.165, 1.54) is 5.56 Å². The van der Waals surface area contributed by atoms with E-state index < -0.39 is 0 Å². The molecule has 0 amide bonds. The molecule has 124 valence electrons. The van der Waals surface area contributed by atoms with Crippen molar-refractivity contribution in [3.05, 3.63) is 63.6 Å². The van der Waals surface area contributed by atoms with Gasteiger partial charge in [0.15, 0.2) is 0 Å². The van der Waals surface area contributed by atoms with Crippen LogP contribution < -0.4 is 5.32 Å². The fraction of sp³-hybridized carbons (Fsp3) is 0.389. The third kappa shape index (κ3) is 3.39. The Kier molecular flexibility index (Phi) is 4.40. The van der Waals surface area contributed by atoms with Crippen molar-refractivity contribution < 1.29 is 0 Å². The van der Waals surface area contributed by atoms with Gasteiger partial charge in [0.2, 0.25) is 0 Å². The van der Waals surface area contributed by atoms with Crippen molar-refractivity contribution in [2.45, 2.75) is 45.3 Å². The minimum Gasteiger partial charge on any atom is -0.313 e. The first-order valence-electron chi connectivity index (χ1n) is 8.37. The van der Waals surface area contributed by atoms with Gasteiger partial charge in [0.1, 0.15) is 11.6 Å². The molecule has 0 fully saturated rings. The maximum Gasteiger partial charge on any atom is 0.137 e. The molecule has 0 saturated carbocycles. The lowest BCUT2D eigenvalue weighted by molar-refractivity contribution is 0.372. The Hall–Kier alpha value is -2.05. The number of nitrogens with one attached hydrogen (secondary N) is 1. The number of aromatic nitrogens is 4. The second-order valence-electron chi connectivity index (χ2n) is 6.28. The van der Waals surface area contributed by atoms with Gasteiger partial charge in [-0.15, -0.1) is 21.5 Å². The molecule has 1 aliphatic rings. The summed E-state index contributed by atoms with van der Waals surface area (Å²) in [4.78, 5) is 4.53. The van der Waals surface area contributed by atoms with Gasteiger partial charge in [0.25, 0.3) is 0 Å². The maximum atomic E-state index is 4.53. The van der Waals surface area contributed by atoms with Gasteiger partial charge in [0.05, 0.1) is 10.7 Å².